The second-order valence-electron chi connectivity index (χ2n) is 1.81. The summed E-state index contributed by atoms with van der Waals surface area (Å²) in [4.78, 5) is 5.40. The maximum Gasteiger partial charge on any atom is 0.194 e. The van der Waals surface area contributed by atoms with Gasteiger partial charge in [-0.3, -0.25) is 0 Å². The first-order valence-corrected chi connectivity index (χ1v) is 2.87. The first-order chi connectivity index (χ1) is 5.17. The van der Waals surface area contributed by atoms with E-state index < -0.39 is 4.97 Å². The van der Waals surface area contributed by atoms with Crippen molar-refractivity contribution in [3.63, 3.8) is 0 Å². The summed E-state index contributed by atoms with van der Waals surface area (Å²) in [5.74, 6) is 0. The van der Waals surface area contributed by atoms with Crippen LogP contribution >= 0.6 is 0 Å². The van der Waals surface area contributed by atoms with Crippen LogP contribution in [0.5, 0.6) is 0 Å². The van der Waals surface area contributed by atoms with Crippen molar-refractivity contribution in [3.05, 3.63) is 34.9 Å². The van der Waals surface area contributed by atoms with Gasteiger partial charge in [-0.25, -0.2) is 9.96 Å². The predicted molar refractivity (Wildman–Crippen MR) is 38.6 cm³/mol. The van der Waals surface area contributed by atoms with Crippen molar-refractivity contribution in [3.8, 4) is 0 Å². The summed E-state index contributed by atoms with van der Waals surface area (Å²) in [7, 11) is 1.03. The van der Waals surface area contributed by atoms with Crippen molar-refractivity contribution in [1.82, 2.24) is 9.96 Å². The molecular formula is C6H6N2O3-. The van der Waals surface area contributed by atoms with E-state index in [2.05, 4.69) is 16.0 Å². The molecule has 0 amide bonds. The van der Waals surface area contributed by atoms with Crippen LogP contribution in [-0.4, -0.2) is 12.1 Å². The molecule has 0 fully saturated rings. The second-order valence-corrected chi connectivity index (χ2v) is 1.81. The fourth-order valence-electron chi connectivity index (χ4n) is 0.569. The molecule has 0 unspecified atom stereocenters. The molecule has 0 saturated carbocycles. The van der Waals surface area contributed by atoms with E-state index in [1.165, 1.54) is 18.3 Å². The molecule has 0 bridgehead atoms. The smallest absolute Gasteiger partial charge is 0.194 e. The van der Waals surface area contributed by atoms with Crippen LogP contribution in [0, 0.1) is 16.6 Å². The quantitative estimate of drug-likeness (QED) is 0.465. The van der Waals surface area contributed by atoms with E-state index >= 15 is 0 Å². The van der Waals surface area contributed by atoms with Crippen LogP contribution in [0.3, 0.4) is 0 Å². The van der Waals surface area contributed by atoms with Gasteiger partial charge >= 0.3 is 0 Å². The molecule has 11 heavy (non-hydrogen) atoms. The molecular weight excluding hydrogens is 148 g/mol. The second kappa shape index (κ2) is 2.93. The van der Waals surface area contributed by atoms with Gasteiger partial charge in [-0.15, -0.1) is 0 Å². The fraction of sp³-hybridized carbons (Fsp3) is 0.167. The summed E-state index contributed by atoms with van der Waals surface area (Å²) >= 11 is 0. The van der Waals surface area contributed by atoms with Crippen molar-refractivity contribution >= 4 is 5.69 Å². The molecule has 1 heterocycles. The summed E-state index contributed by atoms with van der Waals surface area (Å²) in [5.41, 5.74) is -0.199. The topological polar surface area (TPSA) is 68.2 Å². The Bertz CT molecular complexity index is 225. The van der Waals surface area contributed by atoms with Gasteiger partial charge in [0.1, 0.15) is 0 Å². The third-order valence-electron chi connectivity index (χ3n) is 1.13. The van der Waals surface area contributed by atoms with Gasteiger partial charge in [-0.05, 0) is 6.07 Å². The number of pyridine rings is 1. The molecule has 5 heteroatoms. The van der Waals surface area contributed by atoms with E-state index in [-0.39, 0.29) is 5.69 Å². The molecule has 5 nitrogen and oxygen atoms in total. The maximum absolute atomic E-state index is 10.8. The van der Waals surface area contributed by atoms with Crippen LogP contribution in [-0.2, 0) is 4.84 Å². The standard InChI is InChI=1S/C6H6N2O3/c1-11-8(9,10)6-3-2-4-7-5-6/h2-4H,1H3/q-1. The lowest BCUT2D eigenvalue weighted by molar-refractivity contribution is -0.0358. The number of nitrogens with zero attached hydrogens (tertiary/aromatic N) is 2. The molecule has 1 aromatic rings. The number of hydrogen-bond donors (Lipinski definition) is 0. The molecule has 1 radical (unpaired) electrons. The minimum Gasteiger partial charge on any atom is -0.592 e. The van der Waals surface area contributed by atoms with Gasteiger partial charge < -0.3 is 10.4 Å². The lowest BCUT2D eigenvalue weighted by Gasteiger charge is -2.39. The zero-order chi connectivity index (χ0) is 8.32. The SMILES string of the molecule is CO[N+]([O-])([O-])c1[c]nccc1. The van der Waals surface area contributed by atoms with Gasteiger partial charge in [0.25, 0.3) is 0 Å². The fourth-order valence-corrected chi connectivity index (χ4v) is 0.569. The average Bonchev–Trinajstić information content (AvgIpc) is 2.06. The van der Waals surface area contributed by atoms with E-state index in [4.69, 9.17) is 0 Å². The molecule has 0 N–H and O–H groups in total. The Morgan fingerprint density at radius 3 is 2.82 bits per heavy atom. The van der Waals surface area contributed by atoms with Gasteiger partial charge in [0.05, 0.1) is 7.11 Å². The first-order valence-electron chi connectivity index (χ1n) is 2.87. The Hall–Kier alpha value is -1.01. The third-order valence-corrected chi connectivity index (χ3v) is 1.13. The average molecular weight is 154 g/mol. The molecule has 1 aromatic heterocycles. The molecule has 0 atom stereocenters. The van der Waals surface area contributed by atoms with Crippen LogP contribution in [0.1, 0.15) is 0 Å². The lowest BCUT2D eigenvalue weighted by atomic mass is 10.4. The largest absolute Gasteiger partial charge is 0.592 e. The highest BCUT2D eigenvalue weighted by Crippen LogP contribution is 2.17. The zero-order valence-corrected chi connectivity index (χ0v) is 5.85. The van der Waals surface area contributed by atoms with Gasteiger partial charge in [0, 0.05) is 12.3 Å². The molecule has 0 aromatic carbocycles. The molecule has 0 aliphatic carbocycles. The molecule has 0 aliphatic heterocycles. The van der Waals surface area contributed by atoms with Crippen molar-refractivity contribution in [2.24, 2.45) is 0 Å². The summed E-state index contributed by atoms with van der Waals surface area (Å²) < 4.78 is 0. The molecule has 0 spiro atoms. The summed E-state index contributed by atoms with van der Waals surface area (Å²) in [6.45, 7) is 0. The van der Waals surface area contributed by atoms with Gasteiger partial charge in [-0.1, -0.05) is 0 Å². The number of aromatic nitrogens is 1. The van der Waals surface area contributed by atoms with Crippen LogP contribution in [0.25, 0.3) is 0 Å². The monoisotopic (exact) mass is 154 g/mol. The van der Waals surface area contributed by atoms with Gasteiger partial charge in [0.15, 0.2) is 11.9 Å². The highest BCUT2D eigenvalue weighted by molar-refractivity contribution is 5.37. The Balaban J connectivity index is 2.93. The van der Waals surface area contributed by atoms with Crippen molar-refractivity contribution < 1.29 is 4.84 Å². The first kappa shape index (κ1) is 8.09. The summed E-state index contributed by atoms with van der Waals surface area (Å²) in [6.07, 6.45) is 3.65. The Morgan fingerprint density at radius 1 is 1.64 bits per heavy atom. The summed E-state index contributed by atoms with van der Waals surface area (Å²) in [6, 6.07) is 2.77. The number of quaternary nitrogens is 1. The Labute approximate surface area is 63.5 Å². The van der Waals surface area contributed by atoms with E-state index in [1.54, 1.807) is 0 Å². The molecule has 1 rings (SSSR count). The molecule has 59 valence electrons. The van der Waals surface area contributed by atoms with Crippen LogP contribution in [0.4, 0.5) is 5.69 Å². The van der Waals surface area contributed by atoms with Gasteiger partial charge in [0.2, 0.25) is 0 Å². The minimum atomic E-state index is -2.16. The maximum atomic E-state index is 10.8. The predicted octanol–water partition coefficient (Wildman–Crippen LogP) is 0.746. The van der Waals surface area contributed by atoms with E-state index in [0.29, 0.717) is 0 Å². The Kier molecular flexibility index (Phi) is 2.16. The highest BCUT2D eigenvalue weighted by Gasteiger charge is 2.08. The molecule has 0 aliphatic rings. The minimum absolute atomic E-state index is 0.199. The van der Waals surface area contributed by atoms with Crippen molar-refractivity contribution in [2.75, 3.05) is 7.11 Å². The third kappa shape index (κ3) is 1.72. The Morgan fingerprint density at radius 2 is 2.36 bits per heavy atom. The van der Waals surface area contributed by atoms with E-state index in [9.17, 15) is 10.4 Å². The number of hydrogen-bond acceptors (Lipinski definition) is 4. The van der Waals surface area contributed by atoms with Crippen LogP contribution < -0.4 is 4.97 Å². The highest BCUT2D eigenvalue weighted by atomic mass is 17.1. The number of rotatable bonds is 2. The zero-order valence-electron chi connectivity index (χ0n) is 5.85. The van der Waals surface area contributed by atoms with Crippen molar-refractivity contribution in [1.29, 1.82) is 0 Å². The lowest BCUT2D eigenvalue weighted by Crippen LogP contribution is -2.34. The van der Waals surface area contributed by atoms with Crippen molar-refractivity contribution in [2.45, 2.75) is 0 Å². The van der Waals surface area contributed by atoms with Crippen LogP contribution in [0.2, 0.25) is 0 Å². The summed E-state index contributed by atoms with van der Waals surface area (Å²) in [5, 5.41) is 21.5. The van der Waals surface area contributed by atoms with E-state index in [1.807, 2.05) is 0 Å². The van der Waals surface area contributed by atoms with E-state index in [0.717, 1.165) is 7.11 Å². The normalized spacial score (nSPS) is 11.5. The van der Waals surface area contributed by atoms with Gasteiger partial charge in [-0.2, -0.15) is 4.84 Å². The van der Waals surface area contributed by atoms with Crippen LogP contribution in [0.15, 0.2) is 18.3 Å². The molecule has 0 saturated heterocycles.